The SMILES string of the molecule is COc1cc(OCCCCCOc2ccc(C=NN)cc2)cc(OC)c1C(=O)N(C(C)C)C(C)C.Cl. The van der Waals surface area contributed by atoms with Gasteiger partial charge in [0.2, 0.25) is 0 Å². The molecule has 0 heterocycles. The number of carbonyl (C=O) groups excluding carboxylic acids is 1. The van der Waals surface area contributed by atoms with Crippen molar-refractivity contribution < 1.29 is 23.7 Å². The van der Waals surface area contributed by atoms with Gasteiger partial charge in [0, 0.05) is 24.2 Å². The van der Waals surface area contributed by atoms with E-state index in [-0.39, 0.29) is 30.4 Å². The molecule has 0 aromatic heterocycles. The van der Waals surface area contributed by atoms with E-state index in [4.69, 9.17) is 24.8 Å². The minimum atomic E-state index is -0.127. The number of nitrogens with two attached hydrogens (primary N) is 1. The topological polar surface area (TPSA) is 95.6 Å². The summed E-state index contributed by atoms with van der Waals surface area (Å²) >= 11 is 0. The Kier molecular flexibility index (Phi) is 13.5. The highest BCUT2D eigenvalue weighted by Gasteiger charge is 2.28. The quantitative estimate of drug-likeness (QED) is 0.157. The standard InChI is InChI=1S/C27H39N3O5.ClH/c1-19(2)30(20(3)4)27(31)26-24(32-5)16-23(17-25(26)33-6)35-15-9-7-8-14-34-22-12-10-21(11-13-22)18-29-28;/h10-13,16-20H,7-9,14-15,28H2,1-6H3;1H. The van der Waals surface area contributed by atoms with Gasteiger partial charge in [-0.3, -0.25) is 4.79 Å². The van der Waals surface area contributed by atoms with E-state index in [2.05, 4.69) is 5.10 Å². The number of nitrogens with zero attached hydrogens (tertiary/aromatic N) is 2. The number of ether oxygens (including phenoxy) is 4. The van der Waals surface area contributed by atoms with Crippen LogP contribution in [0, 0.1) is 0 Å². The molecule has 0 unspecified atom stereocenters. The maximum Gasteiger partial charge on any atom is 0.261 e. The second-order valence-corrected chi connectivity index (χ2v) is 8.71. The third-order valence-corrected chi connectivity index (χ3v) is 5.47. The van der Waals surface area contributed by atoms with Crippen molar-refractivity contribution in [3.05, 3.63) is 47.5 Å². The fourth-order valence-corrected chi connectivity index (χ4v) is 3.87. The van der Waals surface area contributed by atoms with E-state index in [9.17, 15) is 4.79 Å². The summed E-state index contributed by atoms with van der Waals surface area (Å²) in [4.78, 5) is 15.1. The molecule has 0 saturated heterocycles. The number of hydrazone groups is 1. The van der Waals surface area contributed by atoms with E-state index < -0.39 is 0 Å². The number of hydrogen-bond donors (Lipinski definition) is 1. The minimum Gasteiger partial charge on any atom is -0.496 e. The van der Waals surface area contributed by atoms with Crippen LogP contribution in [0.4, 0.5) is 0 Å². The number of amides is 1. The van der Waals surface area contributed by atoms with Crippen LogP contribution in [0.5, 0.6) is 23.0 Å². The average molecular weight is 522 g/mol. The van der Waals surface area contributed by atoms with Gasteiger partial charge in [0.25, 0.3) is 5.91 Å². The molecule has 0 saturated carbocycles. The molecule has 0 bridgehead atoms. The van der Waals surface area contributed by atoms with Gasteiger partial charge in [0.1, 0.15) is 28.6 Å². The molecule has 1 amide bonds. The molecule has 0 fully saturated rings. The molecule has 0 aliphatic carbocycles. The van der Waals surface area contributed by atoms with Gasteiger partial charge < -0.3 is 29.7 Å². The monoisotopic (exact) mass is 521 g/mol. The van der Waals surface area contributed by atoms with E-state index in [1.807, 2.05) is 56.9 Å². The highest BCUT2D eigenvalue weighted by Crippen LogP contribution is 2.36. The summed E-state index contributed by atoms with van der Waals surface area (Å²) in [6.07, 6.45) is 4.33. The smallest absolute Gasteiger partial charge is 0.261 e. The molecule has 2 aromatic carbocycles. The van der Waals surface area contributed by atoms with E-state index in [0.717, 1.165) is 30.6 Å². The Morgan fingerprint density at radius 3 is 1.83 bits per heavy atom. The van der Waals surface area contributed by atoms with Crippen molar-refractivity contribution in [3.63, 3.8) is 0 Å². The Balaban J connectivity index is 0.00000648. The van der Waals surface area contributed by atoms with E-state index in [1.165, 1.54) is 0 Å². The van der Waals surface area contributed by atoms with Gasteiger partial charge in [-0.2, -0.15) is 5.10 Å². The van der Waals surface area contributed by atoms with Crippen LogP contribution in [0.2, 0.25) is 0 Å². The van der Waals surface area contributed by atoms with Crippen LogP contribution in [-0.2, 0) is 0 Å². The van der Waals surface area contributed by atoms with Crippen LogP contribution in [0.15, 0.2) is 41.5 Å². The largest absolute Gasteiger partial charge is 0.496 e. The highest BCUT2D eigenvalue weighted by molar-refractivity contribution is 6.00. The summed E-state index contributed by atoms with van der Waals surface area (Å²) in [5.74, 6) is 7.32. The van der Waals surface area contributed by atoms with Gasteiger partial charge in [0.05, 0.1) is 33.6 Å². The van der Waals surface area contributed by atoms with Gasteiger partial charge in [0.15, 0.2) is 0 Å². The third kappa shape index (κ3) is 8.82. The van der Waals surface area contributed by atoms with Gasteiger partial charge >= 0.3 is 0 Å². The van der Waals surface area contributed by atoms with Crippen molar-refractivity contribution >= 4 is 24.5 Å². The van der Waals surface area contributed by atoms with E-state index in [0.29, 0.717) is 36.0 Å². The Hall–Kier alpha value is -3.13. The Morgan fingerprint density at radius 1 is 0.889 bits per heavy atom. The van der Waals surface area contributed by atoms with Gasteiger partial charge in [-0.15, -0.1) is 12.4 Å². The zero-order valence-electron chi connectivity index (χ0n) is 22.2. The number of rotatable bonds is 14. The van der Waals surface area contributed by atoms with E-state index >= 15 is 0 Å². The zero-order valence-corrected chi connectivity index (χ0v) is 23.0. The minimum absolute atomic E-state index is 0. The first-order valence-corrected chi connectivity index (χ1v) is 12.0. The molecule has 36 heavy (non-hydrogen) atoms. The first-order valence-electron chi connectivity index (χ1n) is 12.0. The maximum atomic E-state index is 13.3. The molecule has 2 rings (SSSR count). The number of unbranched alkanes of at least 4 members (excludes halogenated alkanes) is 2. The maximum absolute atomic E-state index is 13.3. The van der Waals surface area contributed by atoms with E-state index in [1.54, 1.807) is 32.6 Å². The lowest BCUT2D eigenvalue weighted by molar-refractivity contribution is 0.0636. The van der Waals surface area contributed by atoms with Crippen LogP contribution >= 0.6 is 12.4 Å². The molecule has 0 radical (unpaired) electrons. The summed E-state index contributed by atoms with van der Waals surface area (Å²) < 4.78 is 22.8. The molecule has 0 aliphatic heterocycles. The van der Waals surface area contributed by atoms with Gasteiger partial charge in [-0.1, -0.05) is 0 Å². The molecule has 0 spiro atoms. The van der Waals surface area contributed by atoms with Gasteiger partial charge in [-0.25, -0.2) is 0 Å². The van der Waals surface area contributed by atoms with Crippen LogP contribution in [-0.4, -0.2) is 56.5 Å². The number of benzene rings is 2. The predicted octanol–water partition coefficient (Wildman–Crippen LogP) is 5.31. The van der Waals surface area contributed by atoms with Crippen molar-refractivity contribution in [1.82, 2.24) is 4.90 Å². The first kappa shape index (κ1) is 30.9. The van der Waals surface area contributed by atoms with Crippen molar-refractivity contribution in [2.24, 2.45) is 10.9 Å². The Morgan fingerprint density at radius 2 is 1.39 bits per heavy atom. The van der Waals surface area contributed by atoms with Crippen molar-refractivity contribution in [2.45, 2.75) is 59.0 Å². The molecular formula is C27H40ClN3O5. The predicted molar refractivity (Wildman–Crippen MR) is 146 cm³/mol. The van der Waals surface area contributed by atoms with Crippen molar-refractivity contribution in [1.29, 1.82) is 0 Å². The molecule has 9 heteroatoms. The molecule has 0 atom stereocenters. The summed E-state index contributed by atoms with van der Waals surface area (Å²) in [7, 11) is 3.09. The molecule has 2 aromatic rings. The molecule has 200 valence electrons. The van der Waals surface area contributed by atoms with Crippen LogP contribution in [0.1, 0.15) is 62.9 Å². The lowest BCUT2D eigenvalue weighted by Gasteiger charge is -2.31. The first-order chi connectivity index (χ1) is 16.8. The van der Waals surface area contributed by atoms with Crippen LogP contribution < -0.4 is 24.8 Å². The second-order valence-electron chi connectivity index (χ2n) is 8.71. The fraction of sp³-hybridized carbons (Fsp3) is 0.481. The molecule has 2 N–H and O–H groups in total. The number of halogens is 1. The summed E-state index contributed by atoms with van der Waals surface area (Å²) in [6.45, 7) is 9.14. The summed E-state index contributed by atoms with van der Waals surface area (Å²) in [5.41, 5.74) is 1.34. The van der Waals surface area contributed by atoms with Crippen LogP contribution in [0.3, 0.4) is 0 Å². The third-order valence-electron chi connectivity index (χ3n) is 5.47. The lowest BCUT2D eigenvalue weighted by atomic mass is 10.1. The average Bonchev–Trinajstić information content (AvgIpc) is 2.83. The van der Waals surface area contributed by atoms with Crippen molar-refractivity contribution in [2.75, 3.05) is 27.4 Å². The van der Waals surface area contributed by atoms with Crippen molar-refractivity contribution in [3.8, 4) is 23.0 Å². The number of hydrogen-bond acceptors (Lipinski definition) is 7. The fourth-order valence-electron chi connectivity index (χ4n) is 3.87. The highest BCUT2D eigenvalue weighted by atomic mass is 35.5. The van der Waals surface area contributed by atoms with Gasteiger partial charge in [-0.05, 0) is 76.8 Å². The zero-order chi connectivity index (χ0) is 25.8. The van der Waals surface area contributed by atoms with Crippen LogP contribution in [0.25, 0.3) is 0 Å². The Bertz CT molecular complexity index is 931. The summed E-state index contributed by atoms with van der Waals surface area (Å²) in [6, 6.07) is 11.2. The summed E-state index contributed by atoms with van der Waals surface area (Å²) in [5, 5.41) is 3.50. The number of carbonyl (C=O) groups is 1. The lowest BCUT2D eigenvalue weighted by Crippen LogP contribution is -2.42. The normalized spacial score (nSPS) is 10.9. The molecule has 0 aliphatic rings. The Labute approximate surface area is 221 Å². The molecule has 8 nitrogen and oxygen atoms in total. The molecular weight excluding hydrogens is 482 g/mol. The number of methoxy groups -OCH3 is 2. The second kappa shape index (κ2) is 15.8.